The lowest BCUT2D eigenvalue weighted by Gasteiger charge is -2.54. The normalized spacial score (nSPS) is 33.5. The highest BCUT2D eigenvalue weighted by Gasteiger charge is 2.90. The van der Waals surface area contributed by atoms with Crippen molar-refractivity contribution in [2.24, 2.45) is 28.6 Å². The molecule has 0 spiro atoms. The zero-order valence-electron chi connectivity index (χ0n) is 32.2. The van der Waals surface area contributed by atoms with Gasteiger partial charge in [0.15, 0.2) is 14.1 Å². The van der Waals surface area contributed by atoms with E-state index in [1.54, 1.807) is 0 Å². The van der Waals surface area contributed by atoms with Crippen LogP contribution in [0.3, 0.4) is 0 Å². The predicted molar refractivity (Wildman–Crippen MR) is 206 cm³/mol. The summed E-state index contributed by atoms with van der Waals surface area (Å²) in [5.74, 6) is -1.97. The summed E-state index contributed by atoms with van der Waals surface area (Å²) in [5.41, 5.74) is -1.29. The zero-order chi connectivity index (χ0) is 37.5. The first kappa shape index (κ1) is 36.7. The quantitative estimate of drug-likeness (QED) is 0.103. The third kappa shape index (κ3) is 4.99. The van der Waals surface area contributed by atoms with Crippen molar-refractivity contribution in [1.82, 2.24) is 0 Å². The van der Waals surface area contributed by atoms with Crippen molar-refractivity contribution in [1.29, 1.82) is 0 Å². The minimum Gasteiger partial charge on any atom is -0.457 e. The molecule has 1 N–H and O–H groups in total. The van der Waals surface area contributed by atoms with Crippen LogP contribution in [-0.4, -0.2) is 48.6 Å². The highest BCUT2D eigenvalue weighted by molar-refractivity contribution is 6.70. The summed E-state index contributed by atoms with van der Waals surface area (Å²) in [6.07, 6.45) is 4.98. The van der Waals surface area contributed by atoms with Crippen LogP contribution >= 0.6 is 0 Å². The number of esters is 1. The van der Waals surface area contributed by atoms with Gasteiger partial charge < -0.3 is 19.0 Å². The molecule has 2 saturated carbocycles. The number of fused-ring (bicyclic) bond motifs is 5. The summed E-state index contributed by atoms with van der Waals surface area (Å²) < 4.78 is 21.1. The number of carbonyl (C=O) groups excluding carboxylic acids is 2. The molecule has 0 amide bonds. The van der Waals surface area contributed by atoms with Gasteiger partial charge in [-0.15, -0.1) is 0 Å². The molecule has 7 rings (SSSR count). The molecule has 0 radical (unpaired) electrons. The van der Waals surface area contributed by atoms with Crippen molar-refractivity contribution >= 4 is 20.1 Å². The molecule has 0 bridgehead atoms. The average molecular weight is 719 g/mol. The van der Waals surface area contributed by atoms with Crippen molar-refractivity contribution in [3.8, 4) is 0 Å². The van der Waals surface area contributed by atoms with Crippen molar-refractivity contribution in [3.05, 3.63) is 131 Å². The number of aliphatic hydroxyl groups is 1. The van der Waals surface area contributed by atoms with Gasteiger partial charge in [-0.05, 0) is 66.7 Å². The molecule has 274 valence electrons. The first-order chi connectivity index (χ1) is 24.4. The third-order valence-electron chi connectivity index (χ3n) is 13.4. The molecule has 7 heteroatoms. The summed E-state index contributed by atoms with van der Waals surface area (Å²) in [7, 11) is -2.41. The Balaban J connectivity index is 1.46. The van der Waals surface area contributed by atoms with Gasteiger partial charge in [0.2, 0.25) is 0 Å². The molecule has 3 aromatic rings. The maximum absolute atomic E-state index is 14.7. The van der Waals surface area contributed by atoms with Crippen LogP contribution in [0.2, 0.25) is 19.6 Å². The van der Waals surface area contributed by atoms with E-state index in [0.29, 0.717) is 12.0 Å². The van der Waals surface area contributed by atoms with Gasteiger partial charge in [0, 0.05) is 36.0 Å². The topological polar surface area (TPSA) is 82.1 Å². The van der Waals surface area contributed by atoms with Crippen molar-refractivity contribution in [3.63, 3.8) is 0 Å². The number of rotatable bonds is 9. The monoisotopic (exact) mass is 718 g/mol. The van der Waals surface area contributed by atoms with Crippen molar-refractivity contribution in [2.75, 3.05) is 6.61 Å². The Morgan fingerprint density at radius 1 is 0.846 bits per heavy atom. The Labute approximate surface area is 310 Å². The van der Waals surface area contributed by atoms with Crippen LogP contribution in [0.5, 0.6) is 0 Å². The second-order valence-corrected chi connectivity index (χ2v) is 22.0. The van der Waals surface area contributed by atoms with Crippen LogP contribution < -0.4 is 0 Å². The number of carbonyl (C=O) groups is 2. The van der Waals surface area contributed by atoms with Crippen LogP contribution in [0.4, 0.5) is 0 Å². The van der Waals surface area contributed by atoms with E-state index < -0.39 is 53.4 Å². The van der Waals surface area contributed by atoms with Crippen LogP contribution in [0, 0.1) is 28.6 Å². The first-order valence-electron chi connectivity index (χ1n) is 18.8. The van der Waals surface area contributed by atoms with Crippen molar-refractivity contribution < 1.29 is 28.6 Å². The maximum atomic E-state index is 14.7. The minimum absolute atomic E-state index is 0.0857. The Bertz CT molecular complexity index is 1830. The fraction of sp³-hybridized carbons (Fsp3) is 0.467. The molecule has 3 aromatic carbocycles. The standard InChI is InChI=1S/C45H54O6Si/c1-30-25-37-42(39(30)47,51-52(7,8)9)28-33(26-38-43(37,48)31(2)27-41(6)40(4,5)45(38,41)50-32(3)46)29-49-44(34-19-13-10-14-20-34,35-21-15-11-16-22-35)36-23-17-12-18-24-36/h10-26,31,37-38,48H,27-29H2,1-9H3/t31-,37-,38-,41?,42-,43+,45?/m1/s1. The number of hydrogen-bond acceptors (Lipinski definition) is 6. The minimum atomic E-state index is -2.41. The molecule has 6 nitrogen and oxygen atoms in total. The van der Waals surface area contributed by atoms with E-state index in [-0.39, 0.29) is 30.7 Å². The molecule has 52 heavy (non-hydrogen) atoms. The molecular weight excluding hydrogens is 665 g/mol. The average Bonchev–Trinajstić information content (AvgIpc) is 3.38. The van der Waals surface area contributed by atoms with Gasteiger partial charge in [-0.25, -0.2) is 0 Å². The van der Waals surface area contributed by atoms with Gasteiger partial charge in [-0.1, -0.05) is 131 Å². The second kappa shape index (κ2) is 12.2. The summed E-state index contributed by atoms with van der Waals surface area (Å²) in [6.45, 7) is 18.3. The fourth-order valence-electron chi connectivity index (χ4n) is 11.0. The molecule has 7 atom stereocenters. The molecule has 0 aliphatic heterocycles. The second-order valence-electron chi connectivity index (χ2n) is 17.6. The van der Waals surface area contributed by atoms with Crippen LogP contribution in [0.1, 0.15) is 71.1 Å². The summed E-state index contributed by atoms with van der Waals surface area (Å²) in [6, 6.07) is 30.7. The van der Waals surface area contributed by atoms with E-state index in [0.717, 1.165) is 22.3 Å². The molecular formula is C45H54O6Si. The molecule has 2 fully saturated rings. The highest BCUT2D eigenvalue weighted by Crippen LogP contribution is 2.84. The van der Waals surface area contributed by atoms with Gasteiger partial charge in [0.1, 0.15) is 16.8 Å². The van der Waals surface area contributed by atoms with Gasteiger partial charge in [0.25, 0.3) is 0 Å². The number of ketones is 1. The van der Waals surface area contributed by atoms with Gasteiger partial charge >= 0.3 is 5.97 Å². The summed E-state index contributed by atoms with van der Waals surface area (Å²) in [4.78, 5) is 27.8. The molecule has 0 aromatic heterocycles. The smallest absolute Gasteiger partial charge is 0.303 e. The van der Waals surface area contributed by atoms with Crippen molar-refractivity contribution in [2.45, 2.75) is 96.4 Å². The first-order valence-corrected chi connectivity index (χ1v) is 22.2. The molecule has 0 saturated heterocycles. The Hall–Kier alpha value is -3.62. The number of Topliss-reactive ketones (excluding diaryl/α,β-unsaturated/α-hetero) is 1. The van der Waals surface area contributed by atoms with E-state index in [4.69, 9.17) is 13.9 Å². The lowest BCUT2D eigenvalue weighted by molar-refractivity contribution is -0.204. The van der Waals surface area contributed by atoms with Gasteiger partial charge in [-0.2, -0.15) is 0 Å². The van der Waals surface area contributed by atoms with E-state index >= 15 is 0 Å². The molecule has 0 heterocycles. The Morgan fingerprint density at radius 3 is 1.81 bits per heavy atom. The molecule has 4 aliphatic rings. The predicted octanol–water partition coefficient (Wildman–Crippen LogP) is 8.80. The third-order valence-corrected chi connectivity index (χ3v) is 14.3. The SMILES string of the molecule is CC(=O)OC12[C@@H]3C=C(COC(c4ccccc4)(c4ccccc4)c4ccccc4)C[C@]4(O[Si](C)(C)C)C(=O)C(C)=C[C@H]4[C@@]3(O)[C@H](C)CC1(C)C2(C)C. The Kier molecular flexibility index (Phi) is 8.62. The summed E-state index contributed by atoms with van der Waals surface area (Å²) >= 11 is 0. The zero-order valence-corrected chi connectivity index (χ0v) is 33.2. The van der Waals surface area contributed by atoms with E-state index in [9.17, 15) is 14.7 Å². The van der Waals surface area contributed by atoms with E-state index in [2.05, 4.69) is 89.8 Å². The number of ether oxygens (including phenoxy) is 2. The lowest BCUT2D eigenvalue weighted by Crippen LogP contribution is -2.65. The Morgan fingerprint density at radius 2 is 1.35 bits per heavy atom. The van der Waals surface area contributed by atoms with Crippen LogP contribution in [-0.2, 0) is 29.1 Å². The van der Waals surface area contributed by atoms with Gasteiger partial charge in [-0.3, -0.25) is 9.59 Å². The molecule has 2 unspecified atom stereocenters. The molecule has 4 aliphatic carbocycles. The number of benzene rings is 3. The summed E-state index contributed by atoms with van der Waals surface area (Å²) in [5, 5.41) is 13.6. The van der Waals surface area contributed by atoms with E-state index in [1.807, 2.05) is 67.6 Å². The van der Waals surface area contributed by atoms with Crippen LogP contribution in [0.25, 0.3) is 0 Å². The largest absolute Gasteiger partial charge is 0.457 e. The highest BCUT2D eigenvalue weighted by atomic mass is 28.4. The van der Waals surface area contributed by atoms with Gasteiger partial charge in [0.05, 0.1) is 12.2 Å². The number of hydrogen-bond donors (Lipinski definition) is 1. The van der Waals surface area contributed by atoms with Crippen LogP contribution in [0.15, 0.2) is 114 Å². The van der Waals surface area contributed by atoms with E-state index in [1.165, 1.54) is 6.92 Å². The maximum Gasteiger partial charge on any atom is 0.303 e. The lowest BCUT2D eigenvalue weighted by atomic mass is 9.57. The fourth-order valence-corrected chi connectivity index (χ4v) is 12.4.